The summed E-state index contributed by atoms with van der Waals surface area (Å²) in [5.41, 5.74) is 0.451. The molecule has 1 rings (SSSR count). The van der Waals surface area contributed by atoms with Gasteiger partial charge in [0.15, 0.2) is 0 Å². The van der Waals surface area contributed by atoms with Crippen LogP contribution in [0.5, 0.6) is 0 Å². The van der Waals surface area contributed by atoms with E-state index < -0.39 is 0 Å². The monoisotopic (exact) mass is 328 g/mol. The van der Waals surface area contributed by atoms with E-state index in [1.54, 1.807) is 0 Å². The largest absolute Gasteiger partial charge is 0.376 e. The van der Waals surface area contributed by atoms with Crippen LogP contribution >= 0.6 is 0 Å². The summed E-state index contributed by atoms with van der Waals surface area (Å²) in [7, 11) is 0. The highest BCUT2D eigenvalue weighted by atomic mass is 16.5. The van der Waals surface area contributed by atoms with Crippen molar-refractivity contribution in [3.8, 4) is 0 Å². The SMILES string of the molecule is CC(C)(C)N1CCNCC1.CCCCC(C)(C)OCCC(C)C. The van der Waals surface area contributed by atoms with E-state index in [0.29, 0.717) is 5.54 Å². The van der Waals surface area contributed by atoms with Crippen LogP contribution in [0.15, 0.2) is 0 Å². The molecule has 0 atom stereocenters. The molecule has 0 saturated carbocycles. The second-order valence-corrected chi connectivity index (χ2v) is 8.80. The van der Waals surface area contributed by atoms with Crippen molar-refractivity contribution in [3.63, 3.8) is 0 Å². The fourth-order valence-electron chi connectivity index (χ4n) is 2.58. The Morgan fingerprint density at radius 3 is 2.00 bits per heavy atom. The molecule has 0 aromatic heterocycles. The van der Waals surface area contributed by atoms with Crippen molar-refractivity contribution in [2.75, 3.05) is 32.8 Å². The Balaban J connectivity index is 0.000000433. The second kappa shape index (κ2) is 11.4. The van der Waals surface area contributed by atoms with E-state index in [-0.39, 0.29) is 5.60 Å². The number of piperazine rings is 1. The molecule has 3 heteroatoms. The number of unbranched alkanes of at least 4 members (excludes halogenated alkanes) is 1. The summed E-state index contributed by atoms with van der Waals surface area (Å²) < 4.78 is 5.84. The molecule has 0 unspecified atom stereocenters. The number of nitrogens with zero attached hydrogens (tertiary/aromatic N) is 1. The minimum absolute atomic E-state index is 0.0882. The molecule has 0 aromatic carbocycles. The fourth-order valence-corrected chi connectivity index (χ4v) is 2.58. The lowest BCUT2D eigenvalue weighted by Gasteiger charge is -2.38. The average Bonchev–Trinajstić information content (AvgIpc) is 2.45. The van der Waals surface area contributed by atoms with Crippen molar-refractivity contribution in [1.82, 2.24) is 10.2 Å². The normalized spacial score (nSPS) is 17.1. The van der Waals surface area contributed by atoms with Crippen molar-refractivity contribution in [1.29, 1.82) is 0 Å². The predicted molar refractivity (Wildman–Crippen MR) is 103 cm³/mol. The average molecular weight is 329 g/mol. The van der Waals surface area contributed by atoms with Gasteiger partial charge < -0.3 is 10.1 Å². The Bertz CT molecular complexity index is 276. The van der Waals surface area contributed by atoms with E-state index >= 15 is 0 Å². The maximum atomic E-state index is 5.84. The van der Waals surface area contributed by atoms with Crippen LogP contribution in [0.1, 0.15) is 81.1 Å². The maximum Gasteiger partial charge on any atom is 0.0626 e. The summed E-state index contributed by atoms with van der Waals surface area (Å²) in [5.74, 6) is 0.752. The molecule has 1 aliphatic heterocycles. The Hall–Kier alpha value is -0.120. The summed E-state index contributed by atoms with van der Waals surface area (Å²) in [4.78, 5) is 2.52. The lowest BCUT2D eigenvalue weighted by Crippen LogP contribution is -2.51. The summed E-state index contributed by atoms with van der Waals surface area (Å²) in [5, 5.41) is 3.35. The van der Waals surface area contributed by atoms with Crippen molar-refractivity contribution >= 4 is 0 Å². The molecule has 1 N–H and O–H groups in total. The summed E-state index contributed by atoms with van der Waals surface area (Å²) in [6, 6.07) is 0. The third kappa shape index (κ3) is 12.9. The smallest absolute Gasteiger partial charge is 0.0626 e. The van der Waals surface area contributed by atoms with Crippen molar-refractivity contribution in [2.24, 2.45) is 5.92 Å². The molecule has 0 radical (unpaired) electrons. The minimum Gasteiger partial charge on any atom is -0.376 e. The minimum atomic E-state index is 0.0882. The highest BCUT2D eigenvalue weighted by Crippen LogP contribution is 2.18. The first kappa shape index (κ1) is 22.9. The van der Waals surface area contributed by atoms with Gasteiger partial charge in [0, 0.05) is 38.3 Å². The summed E-state index contributed by atoms with van der Waals surface area (Å²) in [6.07, 6.45) is 4.89. The Morgan fingerprint density at radius 2 is 1.61 bits per heavy atom. The number of rotatable bonds is 7. The van der Waals surface area contributed by atoms with Gasteiger partial charge in [0.1, 0.15) is 0 Å². The summed E-state index contributed by atoms with van der Waals surface area (Å²) >= 11 is 0. The molecular weight excluding hydrogens is 284 g/mol. The molecule has 0 bridgehead atoms. The van der Waals surface area contributed by atoms with Crippen LogP contribution in [0.3, 0.4) is 0 Å². The van der Waals surface area contributed by atoms with E-state index in [4.69, 9.17) is 4.74 Å². The number of ether oxygens (including phenoxy) is 1. The van der Waals surface area contributed by atoms with E-state index in [1.165, 1.54) is 38.8 Å². The van der Waals surface area contributed by atoms with Crippen molar-refractivity contribution in [3.05, 3.63) is 0 Å². The molecule has 0 aromatic rings. The van der Waals surface area contributed by atoms with Gasteiger partial charge in [-0.1, -0.05) is 33.6 Å². The van der Waals surface area contributed by atoms with Gasteiger partial charge in [-0.05, 0) is 53.4 Å². The molecule has 1 saturated heterocycles. The highest BCUT2D eigenvalue weighted by molar-refractivity contribution is 4.79. The van der Waals surface area contributed by atoms with E-state index in [9.17, 15) is 0 Å². The molecule has 23 heavy (non-hydrogen) atoms. The van der Waals surface area contributed by atoms with Gasteiger partial charge in [0.2, 0.25) is 0 Å². The van der Waals surface area contributed by atoms with Crippen LogP contribution in [-0.4, -0.2) is 48.8 Å². The van der Waals surface area contributed by atoms with Gasteiger partial charge in [0.25, 0.3) is 0 Å². The molecule has 3 nitrogen and oxygen atoms in total. The molecule has 1 fully saturated rings. The van der Waals surface area contributed by atoms with Gasteiger partial charge in [-0.3, -0.25) is 4.90 Å². The van der Waals surface area contributed by atoms with Crippen LogP contribution in [-0.2, 0) is 4.74 Å². The van der Waals surface area contributed by atoms with Crippen molar-refractivity contribution in [2.45, 2.75) is 92.2 Å². The molecule has 0 aliphatic carbocycles. The van der Waals surface area contributed by atoms with E-state index in [0.717, 1.165) is 25.6 Å². The van der Waals surface area contributed by atoms with Crippen LogP contribution < -0.4 is 5.32 Å². The lowest BCUT2D eigenvalue weighted by molar-refractivity contribution is -0.0290. The Morgan fingerprint density at radius 1 is 1.04 bits per heavy atom. The molecule has 1 aliphatic rings. The maximum absolute atomic E-state index is 5.84. The van der Waals surface area contributed by atoms with Crippen LogP contribution in [0, 0.1) is 5.92 Å². The Labute approximate surface area is 146 Å². The standard InChI is InChI=1S/C12H26O.C8H18N2/c1-6-7-9-12(4,5)13-10-8-11(2)3;1-8(2,3)10-6-4-9-5-7-10/h11H,6-10H2,1-5H3;9H,4-7H2,1-3H3. The van der Waals surface area contributed by atoms with E-state index in [2.05, 4.69) is 65.6 Å². The first-order valence-electron chi connectivity index (χ1n) is 9.68. The fraction of sp³-hybridized carbons (Fsp3) is 1.00. The molecule has 0 spiro atoms. The number of hydrogen-bond acceptors (Lipinski definition) is 3. The molecular formula is C20H44N2O. The van der Waals surface area contributed by atoms with Crippen molar-refractivity contribution < 1.29 is 4.74 Å². The van der Waals surface area contributed by atoms with Crippen LogP contribution in [0.2, 0.25) is 0 Å². The zero-order valence-corrected chi connectivity index (χ0v) is 17.3. The zero-order valence-electron chi connectivity index (χ0n) is 17.3. The first-order valence-corrected chi connectivity index (χ1v) is 9.68. The third-order valence-corrected chi connectivity index (χ3v) is 4.39. The van der Waals surface area contributed by atoms with Gasteiger partial charge >= 0.3 is 0 Å². The zero-order chi connectivity index (χ0) is 17.9. The van der Waals surface area contributed by atoms with Gasteiger partial charge in [0.05, 0.1) is 5.60 Å². The molecule has 1 heterocycles. The number of nitrogens with one attached hydrogen (secondary N) is 1. The quantitative estimate of drug-likeness (QED) is 0.732. The van der Waals surface area contributed by atoms with E-state index in [1.807, 2.05) is 0 Å². The predicted octanol–water partition coefficient (Wildman–Crippen LogP) is 4.71. The summed E-state index contributed by atoms with van der Waals surface area (Å²) in [6.45, 7) is 23.5. The third-order valence-electron chi connectivity index (χ3n) is 4.39. The molecule has 0 amide bonds. The van der Waals surface area contributed by atoms with Gasteiger partial charge in [-0.15, -0.1) is 0 Å². The van der Waals surface area contributed by atoms with Crippen LogP contribution in [0.25, 0.3) is 0 Å². The topological polar surface area (TPSA) is 24.5 Å². The van der Waals surface area contributed by atoms with Crippen LogP contribution in [0.4, 0.5) is 0 Å². The molecule has 140 valence electrons. The Kier molecular flexibility index (Phi) is 11.4. The van der Waals surface area contributed by atoms with Gasteiger partial charge in [-0.25, -0.2) is 0 Å². The number of hydrogen-bond donors (Lipinski definition) is 1. The second-order valence-electron chi connectivity index (χ2n) is 8.80. The first-order chi connectivity index (χ1) is 10.6. The lowest BCUT2D eigenvalue weighted by atomic mass is 10.0. The van der Waals surface area contributed by atoms with Gasteiger partial charge in [-0.2, -0.15) is 0 Å². The highest BCUT2D eigenvalue weighted by Gasteiger charge is 2.21.